The molecule has 0 aliphatic rings. The molecule has 0 aromatic rings. The Hall–Kier alpha value is -0.590. The van der Waals surface area contributed by atoms with Gasteiger partial charge in [-0.05, 0) is 19.8 Å². The molecule has 0 saturated carbocycles. The summed E-state index contributed by atoms with van der Waals surface area (Å²) in [5.74, 6) is 0.240. The quantitative estimate of drug-likeness (QED) is 0.354. The predicted octanol–water partition coefficient (Wildman–Crippen LogP) is 5.05. The van der Waals surface area contributed by atoms with Crippen LogP contribution in [0.2, 0.25) is 0 Å². The number of rotatable bonds is 11. The molecule has 0 spiro atoms. The maximum Gasteiger partial charge on any atom is 0.133 e. The lowest BCUT2D eigenvalue weighted by Gasteiger charge is -2.03. The number of hydrogen-bond acceptors (Lipinski definition) is 1. The molecule has 0 aliphatic carbocycles. The molecule has 0 fully saturated rings. The van der Waals surface area contributed by atoms with Crippen LogP contribution in [0.15, 0.2) is 12.2 Å². The van der Waals surface area contributed by atoms with Gasteiger partial charge in [-0.3, -0.25) is 4.79 Å². The van der Waals surface area contributed by atoms with Crippen molar-refractivity contribution in [2.75, 3.05) is 0 Å². The number of ketones is 1. The summed E-state index contributed by atoms with van der Waals surface area (Å²) in [6.07, 6.45) is 12.3. The molecule has 0 bridgehead atoms. The molecular formula is C15H28O. The van der Waals surface area contributed by atoms with E-state index in [1.165, 1.54) is 51.4 Å². The van der Waals surface area contributed by atoms with E-state index in [-0.39, 0.29) is 5.78 Å². The largest absolute Gasteiger partial charge is 0.300 e. The maximum atomic E-state index is 10.8. The third-order valence-electron chi connectivity index (χ3n) is 2.88. The fourth-order valence-corrected chi connectivity index (χ4v) is 1.95. The minimum absolute atomic E-state index is 0.240. The summed E-state index contributed by atoms with van der Waals surface area (Å²) in [4.78, 5) is 10.8. The van der Waals surface area contributed by atoms with E-state index in [0.29, 0.717) is 6.42 Å². The number of carbonyl (C=O) groups excluding carboxylic acids is 1. The van der Waals surface area contributed by atoms with E-state index in [9.17, 15) is 4.79 Å². The van der Waals surface area contributed by atoms with Crippen LogP contribution in [0.4, 0.5) is 0 Å². The highest BCUT2D eigenvalue weighted by Crippen LogP contribution is 2.13. The van der Waals surface area contributed by atoms with Gasteiger partial charge in [0.1, 0.15) is 5.78 Å². The molecular weight excluding hydrogens is 196 g/mol. The van der Waals surface area contributed by atoms with Gasteiger partial charge in [0.05, 0.1) is 0 Å². The van der Waals surface area contributed by atoms with Crippen molar-refractivity contribution in [3.63, 3.8) is 0 Å². The molecule has 0 unspecified atom stereocenters. The first-order valence-electron chi connectivity index (χ1n) is 6.83. The van der Waals surface area contributed by atoms with Crippen molar-refractivity contribution in [3.8, 4) is 0 Å². The zero-order valence-electron chi connectivity index (χ0n) is 11.2. The van der Waals surface area contributed by atoms with Crippen LogP contribution in [0.25, 0.3) is 0 Å². The number of unbranched alkanes of at least 4 members (excludes halogenated alkanes) is 7. The standard InChI is InChI=1S/C15H28O/c1-4-5-6-7-8-9-10-11-12-14(2)13-15(3)16/h2,4-13H2,1,3H3. The summed E-state index contributed by atoms with van der Waals surface area (Å²) >= 11 is 0. The minimum Gasteiger partial charge on any atom is -0.300 e. The van der Waals surface area contributed by atoms with E-state index < -0.39 is 0 Å². The molecule has 0 aromatic carbocycles. The molecule has 0 N–H and O–H groups in total. The zero-order valence-corrected chi connectivity index (χ0v) is 11.2. The first-order valence-corrected chi connectivity index (χ1v) is 6.83. The lowest BCUT2D eigenvalue weighted by atomic mass is 10.0. The van der Waals surface area contributed by atoms with E-state index in [2.05, 4.69) is 13.5 Å². The van der Waals surface area contributed by atoms with Crippen molar-refractivity contribution in [2.45, 2.75) is 78.1 Å². The minimum atomic E-state index is 0.240. The van der Waals surface area contributed by atoms with Crippen LogP contribution < -0.4 is 0 Å². The third-order valence-corrected chi connectivity index (χ3v) is 2.88. The van der Waals surface area contributed by atoms with Gasteiger partial charge in [0.25, 0.3) is 0 Å². The highest BCUT2D eigenvalue weighted by molar-refractivity contribution is 5.77. The number of hydrogen-bond donors (Lipinski definition) is 0. The average Bonchev–Trinajstić information content (AvgIpc) is 2.21. The molecule has 0 amide bonds. The van der Waals surface area contributed by atoms with Crippen molar-refractivity contribution in [3.05, 3.63) is 12.2 Å². The van der Waals surface area contributed by atoms with Gasteiger partial charge in [-0.25, -0.2) is 0 Å². The molecule has 0 heterocycles. The Bertz CT molecular complexity index is 194. The second-order valence-electron chi connectivity index (χ2n) is 4.85. The first-order chi connectivity index (χ1) is 7.66. The lowest BCUT2D eigenvalue weighted by Crippen LogP contribution is -1.92. The van der Waals surface area contributed by atoms with Gasteiger partial charge in [-0.2, -0.15) is 0 Å². The molecule has 1 heteroatoms. The number of allylic oxidation sites excluding steroid dienone is 1. The van der Waals surface area contributed by atoms with Crippen LogP contribution in [-0.2, 0) is 4.79 Å². The third kappa shape index (κ3) is 11.5. The molecule has 1 nitrogen and oxygen atoms in total. The fraction of sp³-hybridized carbons (Fsp3) is 0.800. The van der Waals surface area contributed by atoms with Gasteiger partial charge in [-0.15, -0.1) is 0 Å². The monoisotopic (exact) mass is 224 g/mol. The molecule has 0 radical (unpaired) electrons. The van der Waals surface area contributed by atoms with Gasteiger partial charge < -0.3 is 0 Å². The normalized spacial score (nSPS) is 10.4. The Morgan fingerprint density at radius 3 is 1.94 bits per heavy atom. The Labute approximate surface area is 101 Å². The highest BCUT2D eigenvalue weighted by atomic mass is 16.1. The summed E-state index contributed by atoms with van der Waals surface area (Å²) in [7, 11) is 0. The predicted molar refractivity (Wildman–Crippen MR) is 71.7 cm³/mol. The van der Waals surface area contributed by atoms with Gasteiger partial charge >= 0.3 is 0 Å². The maximum absolute atomic E-state index is 10.8. The van der Waals surface area contributed by atoms with Crippen molar-refractivity contribution in [1.82, 2.24) is 0 Å². The topological polar surface area (TPSA) is 17.1 Å². The smallest absolute Gasteiger partial charge is 0.133 e. The van der Waals surface area contributed by atoms with Crippen molar-refractivity contribution >= 4 is 5.78 Å². The second kappa shape index (κ2) is 10.9. The van der Waals surface area contributed by atoms with Crippen LogP contribution in [-0.4, -0.2) is 5.78 Å². The summed E-state index contributed by atoms with van der Waals surface area (Å²) < 4.78 is 0. The summed E-state index contributed by atoms with van der Waals surface area (Å²) in [5, 5.41) is 0. The van der Waals surface area contributed by atoms with Crippen LogP contribution in [0.1, 0.15) is 78.1 Å². The van der Waals surface area contributed by atoms with E-state index in [1.807, 2.05) is 0 Å². The molecule has 16 heavy (non-hydrogen) atoms. The van der Waals surface area contributed by atoms with E-state index >= 15 is 0 Å². The molecule has 0 atom stereocenters. The van der Waals surface area contributed by atoms with Crippen molar-refractivity contribution < 1.29 is 4.79 Å². The summed E-state index contributed by atoms with van der Waals surface area (Å²) in [5.41, 5.74) is 1.11. The first kappa shape index (κ1) is 15.4. The van der Waals surface area contributed by atoms with Gasteiger partial charge in [0, 0.05) is 6.42 Å². The molecule has 94 valence electrons. The van der Waals surface area contributed by atoms with Gasteiger partial charge in [-0.1, -0.05) is 64.0 Å². The average molecular weight is 224 g/mol. The van der Waals surface area contributed by atoms with Crippen LogP contribution in [0.3, 0.4) is 0 Å². The van der Waals surface area contributed by atoms with Gasteiger partial charge in [0.15, 0.2) is 0 Å². The zero-order chi connectivity index (χ0) is 12.2. The van der Waals surface area contributed by atoms with Crippen molar-refractivity contribution in [2.24, 2.45) is 0 Å². The molecule has 0 saturated heterocycles. The van der Waals surface area contributed by atoms with E-state index in [4.69, 9.17) is 0 Å². The van der Waals surface area contributed by atoms with E-state index in [0.717, 1.165) is 12.0 Å². The molecule has 0 aromatic heterocycles. The fourth-order valence-electron chi connectivity index (χ4n) is 1.95. The SMILES string of the molecule is C=C(CCCCCCCCCC)CC(C)=O. The van der Waals surface area contributed by atoms with E-state index in [1.54, 1.807) is 6.92 Å². The Kier molecular flexibility index (Phi) is 10.5. The van der Waals surface area contributed by atoms with Crippen molar-refractivity contribution in [1.29, 1.82) is 0 Å². The Morgan fingerprint density at radius 2 is 1.44 bits per heavy atom. The number of carbonyl (C=O) groups is 1. The molecule has 0 aliphatic heterocycles. The molecule has 0 rings (SSSR count). The Balaban J connectivity index is 3.14. The summed E-state index contributed by atoms with van der Waals surface area (Å²) in [6, 6.07) is 0. The van der Waals surface area contributed by atoms with Gasteiger partial charge in [0.2, 0.25) is 0 Å². The highest BCUT2D eigenvalue weighted by Gasteiger charge is 1.98. The lowest BCUT2D eigenvalue weighted by molar-refractivity contribution is -0.116. The van der Waals surface area contributed by atoms with Crippen LogP contribution in [0, 0.1) is 0 Å². The Morgan fingerprint density at radius 1 is 0.938 bits per heavy atom. The number of Topliss-reactive ketones (excluding diaryl/α,β-unsaturated/α-hetero) is 1. The summed E-state index contributed by atoms with van der Waals surface area (Å²) in [6.45, 7) is 7.82. The second-order valence-corrected chi connectivity index (χ2v) is 4.85. The van der Waals surface area contributed by atoms with Crippen LogP contribution >= 0.6 is 0 Å². The van der Waals surface area contributed by atoms with Crippen LogP contribution in [0.5, 0.6) is 0 Å².